The first-order chi connectivity index (χ1) is 13.0. The summed E-state index contributed by atoms with van der Waals surface area (Å²) < 4.78 is 13.1. The van der Waals surface area contributed by atoms with E-state index < -0.39 is 0 Å². The number of imidazole rings is 1. The Hall–Kier alpha value is -2.81. The molecule has 3 aromatic heterocycles. The van der Waals surface area contributed by atoms with Crippen LogP contribution in [0.15, 0.2) is 27.8 Å². The third-order valence-corrected chi connectivity index (χ3v) is 5.31. The Morgan fingerprint density at radius 1 is 1.07 bits per heavy atom. The lowest BCUT2D eigenvalue weighted by Crippen LogP contribution is -2.40. The number of benzene rings is 1. The van der Waals surface area contributed by atoms with Crippen LogP contribution in [0.3, 0.4) is 0 Å². The maximum Gasteiger partial charge on any atom is 0.333 e. The highest BCUT2D eigenvalue weighted by Crippen LogP contribution is 2.15. The molecule has 3 heterocycles. The molecule has 0 radical (unpaired) electrons. The Morgan fingerprint density at radius 2 is 1.85 bits per heavy atom. The summed E-state index contributed by atoms with van der Waals surface area (Å²) in [5.74, 6) is 0.791. The maximum atomic E-state index is 13.1. The van der Waals surface area contributed by atoms with Gasteiger partial charge < -0.3 is 4.57 Å². The number of hydrogen-bond acceptors (Lipinski definition) is 6. The highest BCUT2D eigenvalue weighted by Gasteiger charge is 2.19. The van der Waals surface area contributed by atoms with E-state index in [0.717, 1.165) is 40.6 Å². The van der Waals surface area contributed by atoms with E-state index in [1.165, 1.54) is 4.57 Å². The third kappa shape index (κ3) is 2.78. The van der Waals surface area contributed by atoms with Crippen molar-refractivity contribution in [3.05, 3.63) is 50.4 Å². The molecular weight excluding hydrogens is 364 g/mol. The largest absolute Gasteiger partial charge is 0.333 e. The van der Waals surface area contributed by atoms with Crippen LogP contribution in [0.5, 0.6) is 0 Å². The molecule has 0 unspecified atom stereocenters. The smallest absolute Gasteiger partial charge is 0.325 e. The molecule has 0 atom stereocenters. The van der Waals surface area contributed by atoms with Crippen molar-refractivity contribution < 1.29 is 0 Å². The first kappa shape index (κ1) is 17.6. The van der Waals surface area contributed by atoms with Crippen LogP contribution in [-0.2, 0) is 26.6 Å². The number of hydrogen-bond donors (Lipinski definition) is 0. The Morgan fingerprint density at radius 3 is 2.59 bits per heavy atom. The fourth-order valence-corrected chi connectivity index (χ4v) is 3.91. The number of aryl methyl sites for hydroxylation is 3. The van der Waals surface area contributed by atoms with Gasteiger partial charge in [0, 0.05) is 20.0 Å². The highest BCUT2D eigenvalue weighted by atomic mass is 32.1. The van der Waals surface area contributed by atoms with E-state index in [-0.39, 0.29) is 17.8 Å². The molecule has 0 N–H and O–H groups in total. The molecule has 0 spiro atoms. The van der Waals surface area contributed by atoms with Crippen molar-refractivity contribution >= 4 is 33.9 Å². The van der Waals surface area contributed by atoms with Crippen molar-refractivity contribution in [3.63, 3.8) is 0 Å². The molecule has 27 heavy (non-hydrogen) atoms. The molecule has 0 saturated carbocycles. The first-order valence-electron chi connectivity index (χ1n) is 8.95. The van der Waals surface area contributed by atoms with Gasteiger partial charge in [-0.2, -0.15) is 8.75 Å². The second-order valence-corrected chi connectivity index (χ2v) is 7.05. The Bertz CT molecular complexity index is 1260. The summed E-state index contributed by atoms with van der Waals surface area (Å²) >= 11 is 1.15. The number of rotatable bonds is 5. The lowest BCUT2D eigenvalue weighted by molar-refractivity contribution is 0.589. The van der Waals surface area contributed by atoms with E-state index in [1.54, 1.807) is 9.13 Å². The van der Waals surface area contributed by atoms with Crippen LogP contribution < -0.4 is 11.2 Å². The van der Waals surface area contributed by atoms with Gasteiger partial charge in [-0.15, -0.1) is 0 Å². The predicted octanol–water partition coefficient (Wildman–Crippen LogP) is 1.92. The van der Waals surface area contributed by atoms with Crippen LogP contribution >= 0.6 is 11.7 Å². The highest BCUT2D eigenvalue weighted by molar-refractivity contribution is 7.00. The van der Waals surface area contributed by atoms with E-state index in [0.29, 0.717) is 24.1 Å². The van der Waals surface area contributed by atoms with Gasteiger partial charge in [-0.1, -0.05) is 19.9 Å². The monoisotopic (exact) mass is 384 g/mol. The topological polar surface area (TPSA) is 87.6 Å². The minimum atomic E-state index is -0.327. The van der Waals surface area contributed by atoms with Gasteiger partial charge in [0.25, 0.3) is 5.56 Å². The standard InChI is InChI=1S/C18H20N6O2S/c1-4-8-23-16-15(22(3)14(5-2)19-16)17(25)24(18(23)26)10-11-6-7-12-13(9-11)21-27-20-12/h6-7,9H,4-5,8,10H2,1-3H3. The Labute approximate surface area is 159 Å². The third-order valence-electron chi connectivity index (χ3n) is 4.76. The van der Waals surface area contributed by atoms with Crippen LogP contribution in [0, 0.1) is 0 Å². The summed E-state index contributed by atoms with van der Waals surface area (Å²) in [6.07, 6.45) is 1.47. The van der Waals surface area contributed by atoms with Crippen LogP contribution in [-0.4, -0.2) is 27.4 Å². The van der Waals surface area contributed by atoms with E-state index in [2.05, 4.69) is 13.7 Å². The fourth-order valence-electron chi connectivity index (χ4n) is 3.40. The van der Waals surface area contributed by atoms with Crippen LogP contribution in [0.1, 0.15) is 31.7 Å². The molecule has 4 aromatic rings. The van der Waals surface area contributed by atoms with Crippen LogP contribution in [0.4, 0.5) is 0 Å². The number of aromatic nitrogens is 6. The zero-order valence-corrected chi connectivity index (χ0v) is 16.3. The molecule has 140 valence electrons. The summed E-state index contributed by atoms with van der Waals surface area (Å²) in [4.78, 5) is 30.8. The molecule has 8 nitrogen and oxygen atoms in total. The molecule has 0 amide bonds. The lowest BCUT2D eigenvalue weighted by Gasteiger charge is -2.11. The zero-order chi connectivity index (χ0) is 19.1. The Balaban J connectivity index is 1.94. The van der Waals surface area contributed by atoms with Crippen molar-refractivity contribution in [1.29, 1.82) is 0 Å². The van der Waals surface area contributed by atoms with Gasteiger partial charge in [0.05, 0.1) is 18.3 Å². The second-order valence-electron chi connectivity index (χ2n) is 6.53. The maximum absolute atomic E-state index is 13.1. The van der Waals surface area contributed by atoms with E-state index in [4.69, 9.17) is 0 Å². The van der Waals surface area contributed by atoms with Gasteiger partial charge in [0.15, 0.2) is 11.2 Å². The number of fused-ring (bicyclic) bond motifs is 2. The predicted molar refractivity (Wildman–Crippen MR) is 105 cm³/mol. The van der Waals surface area contributed by atoms with E-state index >= 15 is 0 Å². The molecule has 0 aliphatic carbocycles. The van der Waals surface area contributed by atoms with Crippen LogP contribution in [0.25, 0.3) is 22.2 Å². The fraction of sp³-hybridized carbons (Fsp3) is 0.389. The van der Waals surface area contributed by atoms with Crippen LogP contribution in [0.2, 0.25) is 0 Å². The summed E-state index contributed by atoms with van der Waals surface area (Å²) in [7, 11) is 1.83. The molecule has 0 bridgehead atoms. The summed E-state index contributed by atoms with van der Waals surface area (Å²) in [6.45, 7) is 4.70. The van der Waals surface area contributed by atoms with E-state index in [1.807, 2.05) is 39.1 Å². The van der Waals surface area contributed by atoms with Crippen molar-refractivity contribution in [3.8, 4) is 0 Å². The van der Waals surface area contributed by atoms with Crippen molar-refractivity contribution in [2.75, 3.05) is 0 Å². The van der Waals surface area contributed by atoms with E-state index in [9.17, 15) is 9.59 Å². The minimum Gasteiger partial charge on any atom is -0.325 e. The molecule has 9 heteroatoms. The van der Waals surface area contributed by atoms with Gasteiger partial charge in [-0.05, 0) is 24.1 Å². The molecule has 0 aliphatic rings. The quantitative estimate of drug-likeness (QED) is 0.525. The zero-order valence-electron chi connectivity index (χ0n) is 15.5. The molecule has 4 rings (SSSR count). The average Bonchev–Trinajstić information content (AvgIpc) is 3.26. The number of nitrogens with zero attached hydrogens (tertiary/aromatic N) is 6. The molecule has 0 aliphatic heterocycles. The van der Waals surface area contributed by atoms with Crippen molar-refractivity contribution in [1.82, 2.24) is 27.4 Å². The minimum absolute atomic E-state index is 0.192. The van der Waals surface area contributed by atoms with Crippen molar-refractivity contribution in [2.24, 2.45) is 7.05 Å². The summed E-state index contributed by atoms with van der Waals surface area (Å²) in [5.41, 5.74) is 2.73. The van der Waals surface area contributed by atoms with Gasteiger partial charge >= 0.3 is 5.69 Å². The summed E-state index contributed by atoms with van der Waals surface area (Å²) in [6, 6.07) is 5.62. The van der Waals surface area contributed by atoms with Gasteiger partial charge in [0.2, 0.25) is 0 Å². The summed E-state index contributed by atoms with van der Waals surface area (Å²) in [5, 5.41) is 0. The van der Waals surface area contributed by atoms with Crippen molar-refractivity contribution in [2.45, 2.75) is 39.8 Å². The normalized spacial score (nSPS) is 11.7. The SMILES string of the molecule is CCCn1c(=O)n(Cc2ccc3nsnc3c2)c(=O)c2c1nc(CC)n2C. The average molecular weight is 384 g/mol. The first-order valence-corrected chi connectivity index (χ1v) is 9.68. The molecule has 0 saturated heterocycles. The van der Waals surface area contributed by atoms with Gasteiger partial charge in [-0.3, -0.25) is 13.9 Å². The molecular formula is C18H20N6O2S. The van der Waals surface area contributed by atoms with Gasteiger partial charge in [0.1, 0.15) is 16.9 Å². The van der Waals surface area contributed by atoms with Gasteiger partial charge in [-0.25, -0.2) is 9.78 Å². The molecule has 0 fully saturated rings. The second kappa shape index (κ2) is 6.73. The Kier molecular flexibility index (Phi) is 4.39. The lowest BCUT2D eigenvalue weighted by atomic mass is 10.2. The molecule has 1 aromatic carbocycles.